The number of hydrogen-bond donors (Lipinski definition) is 0. The first-order chi connectivity index (χ1) is 11.9. The Labute approximate surface area is 152 Å². The highest BCUT2D eigenvalue weighted by atomic mass is 16.5. The largest absolute Gasteiger partial charge is 0.458 e. The zero-order valence-corrected chi connectivity index (χ0v) is 16.0. The van der Waals surface area contributed by atoms with E-state index >= 15 is 0 Å². The van der Waals surface area contributed by atoms with Crippen molar-refractivity contribution in [2.24, 2.45) is 34.5 Å². The Balaban J connectivity index is 1.62. The number of carbonyl (C=O) groups excluding carboxylic acids is 1. The van der Waals surface area contributed by atoms with Gasteiger partial charge in [0.05, 0.1) is 0 Å². The van der Waals surface area contributed by atoms with Crippen LogP contribution in [0.2, 0.25) is 0 Å². The standard InChI is InChI=1S/C23H32O2/c1-5-16-7-9-20-19-8-6-17-14-18(25-15(2)24)10-12-23(17,4)21(19)11-13-22(16,20)3/h5-6,10,12,16,18-21H,1,7-9,11,13-14H2,2-4H3/t16?,18?,19-,20-,21+,22+,23-/m0/s1. The van der Waals surface area contributed by atoms with Crippen LogP contribution < -0.4 is 0 Å². The van der Waals surface area contributed by atoms with E-state index in [2.05, 4.69) is 44.7 Å². The van der Waals surface area contributed by atoms with Gasteiger partial charge in [-0.25, -0.2) is 0 Å². The molecule has 25 heavy (non-hydrogen) atoms. The number of allylic oxidation sites excluding steroid dienone is 3. The Morgan fingerprint density at radius 2 is 2.08 bits per heavy atom. The second-order valence-electron chi connectivity index (χ2n) is 9.30. The van der Waals surface area contributed by atoms with Crippen LogP contribution in [0.3, 0.4) is 0 Å². The van der Waals surface area contributed by atoms with Crippen molar-refractivity contribution < 1.29 is 9.53 Å². The Morgan fingerprint density at radius 1 is 1.28 bits per heavy atom. The van der Waals surface area contributed by atoms with Gasteiger partial charge in [-0.1, -0.05) is 37.6 Å². The van der Waals surface area contributed by atoms with Crippen molar-refractivity contribution in [2.75, 3.05) is 0 Å². The molecule has 2 heteroatoms. The Hall–Kier alpha value is -1.31. The summed E-state index contributed by atoms with van der Waals surface area (Å²) in [7, 11) is 0. The molecule has 136 valence electrons. The molecule has 4 aliphatic carbocycles. The summed E-state index contributed by atoms with van der Waals surface area (Å²) in [5.41, 5.74) is 2.13. The first-order valence-corrected chi connectivity index (χ1v) is 10.1. The van der Waals surface area contributed by atoms with Crippen LogP contribution in [-0.2, 0) is 9.53 Å². The maximum atomic E-state index is 11.3. The molecule has 4 rings (SSSR count). The van der Waals surface area contributed by atoms with Gasteiger partial charge in [-0.3, -0.25) is 4.79 Å². The molecule has 0 aromatic rings. The van der Waals surface area contributed by atoms with Crippen LogP contribution in [-0.4, -0.2) is 12.1 Å². The fourth-order valence-electron chi connectivity index (χ4n) is 6.95. The molecule has 2 saturated carbocycles. The second kappa shape index (κ2) is 5.86. The third-order valence-electron chi connectivity index (χ3n) is 8.29. The second-order valence-corrected chi connectivity index (χ2v) is 9.30. The number of fused-ring (bicyclic) bond motifs is 5. The van der Waals surface area contributed by atoms with Gasteiger partial charge in [0, 0.05) is 18.8 Å². The fourth-order valence-corrected chi connectivity index (χ4v) is 6.95. The van der Waals surface area contributed by atoms with Crippen molar-refractivity contribution >= 4 is 5.97 Å². The molecule has 0 aromatic heterocycles. The molecule has 0 bridgehead atoms. The highest BCUT2D eigenvalue weighted by Crippen LogP contribution is 2.65. The fraction of sp³-hybridized carbons (Fsp3) is 0.696. The molecule has 2 fully saturated rings. The average Bonchev–Trinajstić information content (AvgIpc) is 2.91. The molecule has 0 radical (unpaired) electrons. The normalized spacial score (nSPS) is 48.0. The molecule has 0 aromatic carbocycles. The third-order valence-corrected chi connectivity index (χ3v) is 8.29. The first-order valence-electron chi connectivity index (χ1n) is 10.1. The molecule has 0 spiro atoms. The van der Waals surface area contributed by atoms with Gasteiger partial charge in [-0.05, 0) is 67.3 Å². The van der Waals surface area contributed by atoms with Gasteiger partial charge >= 0.3 is 5.97 Å². The topological polar surface area (TPSA) is 26.3 Å². The highest BCUT2D eigenvalue weighted by Gasteiger charge is 2.57. The molecule has 7 atom stereocenters. The van der Waals surface area contributed by atoms with Gasteiger partial charge in [-0.15, -0.1) is 6.58 Å². The zero-order chi connectivity index (χ0) is 17.8. The van der Waals surface area contributed by atoms with Crippen LogP contribution in [0, 0.1) is 34.5 Å². The minimum absolute atomic E-state index is 0.0705. The molecular weight excluding hydrogens is 308 g/mol. The SMILES string of the molecule is C=CC1CC[C@H]2[C@@H]3CC=C4CC(OC(C)=O)C=C[C@]4(C)[C@@H]3CC[C@]12C. The van der Waals surface area contributed by atoms with Crippen LogP contribution in [0.1, 0.15) is 59.3 Å². The molecular formula is C23H32O2. The zero-order valence-electron chi connectivity index (χ0n) is 16.0. The molecule has 0 heterocycles. The summed E-state index contributed by atoms with van der Waals surface area (Å²) in [6.45, 7) is 10.6. The van der Waals surface area contributed by atoms with Crippen molar-refractivity contribution in [2.45, 2.75) is 65.4 Å². The minimum atomic E-state index is -0.178. The average molecular weight is 341 g/mol. The van der Waals surface area contributed by atoms with E-state index in [0.717, 1.165) is 24.2 Å². The van der Waals surface area contributed by atoms with Crippen molar-refractivity contribution in [1.29, 1.82) is 0 Å². The molecule has 0 aliphatic heterocycles. The molecule has 0 N–H and O–H groups in total. The van der Waals surface area contributed by atoms with Crippen LogP contribution in [0.5, 0.6) is 0 Å². The summed E-state index contributed by atoms with van der Waals surface area (Å²) < 4.78 is 5.46. The molecule has 2 unspecified atom stereocenters. The monoisotopic (exact) mass is 340 g/mol. The van der Waals surface area contributed by atoms with Gasteiger partial charge in [0.2, 0.25) is 0 Å². The molecule has 2 nitrogen and oxygen atoms in total. The van der Waals surface area contributed by atoms with E-state index in [0.29, 0.717) is 11.3 Å². The lowest BCUT2D eigenvalue weighted by atomic mass is 9.48. The van der Waals surface area contributed by atoms with Crippen molar-refractivity contribution in [3.05, 3.63) is 36.5 Å². The highest BCUT2D eigenvalue weighted by molar-refractivity contribution is 5.66. The van der Waals surface area contributed by atoms with Crippen molar-refractivity contribution in [3.63, 3.8) is 0 Å². The van der Waals surface area contributed by atoms with Gasteiger partial charge in [0.15, 0.2) is 0 Å². The summed E-state index contributed by atoms with van der Waals surface area (Å²) >= 11 is 0. The summed E-state index contributed by atoms with van der Waals surface area (Å²) in [6, 6.07) is 0. The van der Waals surface area contributed by atoms with Crippen molar-refractivity contribution in [3.8, 4) is 0 Å². The lowest BCUT2D eigenvalue weighted by Crippen LogP contribution is -2.49. The van der Waals surface area contributed by atoms with E-state index in [4.69, 9.17) is 4.74 Å². The van der Waals surface area contributed by atoms with Crippen LogP contribution in [0.4, 0.5) is 0 Å². The quantitative estimate of drug-likeness (QED) is 0.493. The number of carbonyl (C=O) groups is 1. The lowest BCUT2D eigenvalue weighted by Gasteiger charge is -2.56. The molecule has 0 amide bonds. The minimum Gasteiger partial charge on any atom is -0.458 e. The van der Waals surface area contributed by atoms with Gasteiger partial charge in [-0.2, -0.15) is 0 Å². The predicted molar refractivity (Wildman–Crippen MR) is 101 cm³/mol. The maximum Gasteiger partial charge on any atom is 0.303 e. The summed E-state index contributed by atoms with van der Waals surface area (Å²) in [6.07, 6.45) is 16.6. The summed E-state index contributed by atoms with van der Waals surface area (Å²) in [5.74, 6) is 2.90. The van der Waals surface area contributed by atoms with E-state index < -0.39 is 0 Å². The lowest BCUT2D eigenvalue weighted by molar-refractivity contribution is -0.144. The van der Waals surface area contributed by atoms with Gasteiger partial charge < -0.3 is 4.74 Å². The van der Waals surface area contributed by atoms with E-state index in [1.165, 1.54) is 44.6 Å². The first kappa shape index (κ1) is 17.1. The van der Waals surface area contributed by atoms with Gasteiger partial charge in [0.1, 0.15) is 6.10 Å². The number of hydrogen-bond acceptors (Lipinski definition) is 2. The Morgan fingerprint density at radius 3 is 2.80 bits per heavy atom. The van der Waals surface area contributed by atoms with E-state index in [-0.39, 0.29) is 17.5 Å². The van der Waals surface area contributed by atoms with E-state index in [9.17, 15) is 4.79 Å². The summed E-state index contributed by atoms with van der Waals surface area (Å²) in [5, 5.41) is 0. The third kappa shape index (κ3) is 2.47. The Kier molecular flexibility index (Phi) is 4.01. The van der Waals surface area contributed by atoms with Crippen LogP contribution >= 0.6 is 0 Å². The number of esters is 1. The summed E-state index contributed by atoms with van der Waals surface area (Å²) in [4.78, 5) is 11.3. The smallest absolute Gasteiger partial charge is 0.303 e. The van der Waals surface area contributed by atoms with Gasteiger partial charge in [0.25, 0.3) is 0 Å². The number of ether oxygens (including phenoxy) is 1. The van der Waals surface area contributed by atoms with E-state index in [1.54, 1.807) is 0 Å². The predicted octanol–water partition coefficient (Wildman–Crippen LogP) is 5.46. The Bertz CT molecular complexity index is 644. The molecule has 4 aliphatic rings. The van der Waals surface area contributed by atoms with Crippen LogP contribution in [0.25, 0.3) is 0 Å². The maximum absolute atomic E-state index is 11.3. The van der Waals surface area contributed by atoms with Crippen molar-refractivity contribution in [1.82, 2.24) is 0 Å². The molecule has 0 saturated heterocycles. The van der Waals surface area contributed by atoms with E-state index in [1.807, 2.05) is 0 Å². The number of rotatable bonds is 2. The van der Waals surface area contributed by atoms with Crippen LogP contribution in [0.15, 0.2) is 36.5 Å².